The molecule has 0 radical (unpaired) electrons. The van der Waals surface area contributed by atoms with E-state index in [1.807, 2.05) is 0 Å². The minimum Gasteiger partial charge on any atom is -0.481 e. The number of hydrogen-bond donors (Lipinski definition) is 13. The predicted octanol–water partition coefficient (Wildman–Crippen LogP) is -1.45. The van der Waals surface area contributed by atoms with Crippen molar-refractivity contribution in [3.05, 3.63) is 11.6 Å². The van der Waals surface area contributed by atoms with Crippen molar-refractivity contribution in [3.63, 3.8) is 0 Å². The van der Waals surface area contributed by atoms with Gasteiger partial charge in [-0.05, 0) is 117 Å². The highest BCUT2D eigenvalue weighted by atomic mass is 16.8. The normalized spacial score (nSPS) is 54.2. The molecule has 4 aliphatic heterocycles. The second-order valence-corrected chi connectivity index (χ2v) is 25.5. The van der Waals surface area contributed by atoms with Crippen LogP contribution in [0.5, 0.6) is 0 Å². The zero-order valence-electron chi connectivity index (χ0n) is 44.4. The molecule has 29 atom stereocenters. The van der Waals surface area contributed by atoms with Crippen LogP contribution < -0.4 is 0 Å². The number of aliphatic hydroxyl groups excluding tert-OH is 12. The molecule has 4 saturated heterocycles. The Bertz CT molecular complexity index is 2130. The number of hydrogen-bond acceptors (Lipinski definition) is 22. The first kappa shape index (κ1) is 58.6. The van der Waals surface area contributed by atoms with Gasteiger partial charge in [-0.25, -0.2) is 0 Å². The van der Waals surface area contributed by atoms with Crippen LogP contribution in [-0.2, 0) is 47.5 Å². The van der Waals surface area contributed by atoms with Crippen molar-refractivity contribution in [2.75, 3.05) is 19.8 Å². The van der Waals surface area contributed by atoms with Gasteiger partial charge in [-0.3, -0.25) is 9.59 Å². The number of carbonyl (C=O) groups excluding carboxylic acids is 1. The van der Waals surface area contributed by atoms with Gasteiger partial charge >= 0.3 is 11.9 Å². The van der Waals surface area contributed by atoms with Gasteiger partial charge in [0.2, 0.25) is 6.29 Å². The SMILES string of the molecule is CC1OC(OC2C(CO)OC(OCC3OC(OC(=O)C4CC(C)(C(=O)O)CC5C6=CCC7C8(C)CCC(OC9OCC(O)C(O)C9O)C(C)(C)C8CCC7(C)C6(C)CCC45)C(O)C(O)C3O)C(O)C2O)C(O)C(O)C1O. The van der Waals surface area contributed by atoms with E-state index in [-0.39, 0.29) is 70.9 Å². The molecular formula is C53H84O23. The van der Waals surface area contributed by atoms with Crippen LogP contribution in [0.4, 0.5) is 0 Å². The summed E-state index contributed by atoms with van der Waals surface area (Å²) in [6.45, 7) is 12.9. The molecule has 9 rings (SSSR count). The lowest BCUT2D eigenvalue weighted by Gasteiger charge is -2.71. The minimum atomic E-state index is -1.96. The Kier molecular flexibility index (Phi) is 16.5. The topological polar surface area (TPSA) is 371 Å². The fourth-order valence-corrected chi connectivity index (χ4v) is 16.3. The number of aliphatic carboxylic acids is 1. The van der Waals surface area contributed by atoms with E-state index in [1.54, 1.807) is 6.92 Å². The summed E-state index contributed by atoms with van der Waals surface area (Å²) in [7, 11) is 0. The van der Waals surface area contributed by atoms with Crippen LogP contribution in [0.1, 0.15) is 106 Å². The van der Waals surface area contributed by atoms with E-state index in [9.17, 15) is 76.0 Å². The molecule has 23 nitrogen and oxygen atoms in total. The lowest BCUT2D eigenvalue weighted by atomic mass is 9.34. The zero-order chi connectivity index (χ0) is 55.5. The molecule has 9 aliphatic rings. The van der Waals surface area contributed by atoms with Gasteiger partial charge in [0, 0.05) is 0 Å². The van der Waals surface area contributed by atoms with Crippen molar-refractivity contribution in [2.24, 2.45) is 56.7 Å². The Morgan fingerprint density at radius 3 is 1.99 bits per heavy atom. The molecule has 0 amide bonds. The van der Waals surface area contributed by atoms with Crippen molar-refractivity contribution in [1.82, 2.24) is 0 Å². The molecule has 4 saturated carbocycles. The first-order valence-corrected chi connectivity index (χ1v) is 27.3. The third kappa shape index (κ3) is 9.62. The molecule has 0 aromatic carbocycles. The quantitative estimate of drug-likeness (QED) is 0.0640. The number of aliphatic hydroxyl groups is 12. The highest BCUT2D eigenvalue weighted by molar-refractivity contribution is 5.78. The maximum atomic E-state index is 14.6. The number of allylic oxidation sites excluding steroid dienone is 2. The van der Waals surface area contributed by atoms with E-state index in [0.29, 0.717) is 19.3 Å². The smallest absolute Gasteiger partial charge is 0.311 e. The van der Waals surface area contributed by atoms with Crippen LogP contribution in [0.3, 0.4) is 0 Å². The lowest BCUT2D eigenvalue weighted by molar-refractivity contribution is -0.361. The Hall–Kier alpha value is -2.08. The average molecular weight is 1090 g/mol. The number of carboxylic acid groups (broad SMARTS) is 1. The number of ether oxygens (including phenoxy) is 8. The fourth-order valence-electron chi connectivity index (χ4n) is 16.3. The van der Waals surface area contributed by atoms with Crippen molar-refractivity contribution in [1.29, 1.82) is 0 Å². The molecule has 5 aliphatic carbocycles. The van der Waals surface area contributed by atoms with Crippen molar-refractivity contribution < 1.29 is 114 Å². The van der Waals surface area contributed by atoms with Gasteiger partial charge in [0.05, 0.1) is 43.4 Å². The Labute approximate surface area is 442 Å². The van der Waals surface area contributed by atoms with Crippen LogP contribution in [0.25, 0.3) is 0 Å². The highest BCUT2D eigenvalue weighted by Crippen LogP contribution is 2.75. The number of carboxylic acids is 1. The summed E-state index contributed by atoms with van der Waals surface area (Å²) in [5.41, 5.74) is -1.28. The third-order valence-corrected chi connectivity index (χ3v) is 21.0. The number of fused-ring (bicyclic) bond motifs is 7. The van der Waals surface area contributed by atoms with Crippen molar-refractivity contribution in [3.8, 4) is 0 Å². The summed E-state index contributed by atoms with van der Waals surface area (Å²) in [5.74, 6) is -3.09. The predicted molar refractivity (Wildman–Crippen MR) is 257 cm³/mol. The van der Waals surface area contributed by atoms with Gasteiger partial charge in [0.1, 0.15) is 85.5 Å². The van der Waals surface area contributed by atoms with Crippen LogP contribution in [0.15, 0.2) is 11.6 Å². The minimum absolute atomic E-state index is 0.0728. The van der Waals surface area contributed by atoms with Gasteiger partial charge in [0.15, 0.2) is 18.9 Å². The van der Waals surface area contributed by atoms with Crippen molar-refractivity contribution in [2.45, 2.75) is 229 Å². The summed E-state index contributed by atoms with van der Waals surface area (Å²) in [5, 5.41) is 138. The van der Waals surface area contributed by atoms with Crippen LogP contribution in [0, 0.1) is 56.7 Å². The molecule has 4 heterocycles. The van der Waals surface area contributed by atoms with E-state index in [2.05, 4.69) is 40.7 Å². The monoisotopic (exact) mass is 1090 g/mol. The van der Waals surface area contributed by atoms with E-state index in [0.717, 1.165) is 31.3 Å². The molecule has 76 heavy (non-hydrogen) atoms. The van der Waals surface area contributed by atoms with Gasteiger partial charge in [-0.15, -0.1) is 0 Å². The second-order valence-electron chi connectivity index (χ2n) is 25.5. The van der Waals surface area contributed by atoms with Crippen LogP contribution in [0.2, 0.25) is 0 Å². The fraction of sp³-hybridized carbons (Fsp3) is 0.925. The molecule has 0 aromatic rings. The average Bonchev–Trinajstić information content (AvgIpc) is 3.53. The first-order valence-electron chi connectivity index (χ1n) is 27.3. The van der Waals surface area contributed by atoms with Gasteiger partial charge < -0.3 is 104 Å². The zero-order valence-corrected chi connectivity index (χ0v) is 44.4. The third-order valence-electron chi connectivity index (χ3n) is 21.0. The second kappa shape index (κ2) is 21.3. The number of esters is 1. The maximum absolute atomic E-state index is 14.6. The van der Waals surface area contributed by atoms with Gasteiger partial charge in [-0.2, -0.15) is 0 Å². The molecule has 0 spiro atoms. The first-order chi connectivity index (χ1) is 35.5. The summed E-state index contributed by atoms with van der Waals surface area (Å²) in [6, 6.07) is 0. The molecule has 8 fully saturated rings. The van der Waals surface area contributed by atoms with E-state index < -0.39 is 153 Å². The lowest BCUT2D eigenvalue weighted by Crippen LogP contribution is -2.65. The van der Waals surface area contributed by atoms with Crippen LogP contribution in [-0.4, -0.2) is 221 Å². The Morgan fingerprint density at radius 1 is 0.658 bits per heavy atom. The maximum Gasteiger partial charge on any atom is 0.311 e. The molecule has 29 unspecified atom stereocenters. The van der Waals surface area contributed by atoms with Gasteiger partial charge in [0.25, 0.3) is 0 Å². The Balaban J connectivity index is 0.881. The Morgan fingerprint density at radius 2 is 1.30 bits per heavy atom. The summed E-state index contributed by atoms with van der Waals surface area (Å²) in [6.07, 6.45) is -22.7. The number of rotatable bonds is 11. The highest BCUT2D eigenvalue weighted by Gasteiger charge is 2.69. The number of carbonyl (C=O) groups is 2. The molecular weight excluding hydrogens is 1000 g/mol. The summed E-state index contributed by atoms with van der Waals surface area (Å²) < 4.78 is 46.4. The van der Waals surface area contributed by atoms with Crippen molar-refractivity contribution >= 4 is 11.9 Å². The van der Waals surface area contributed by atoms with E-state index in [1.165, 1.54) is 6.92 Å². The molecule has 434 valence electrons. The summed E-state index contributed by atoms with van der Waals surface area (Å²) in [4.78, 5) is 27.9. The van der Waals surface area contributed by atoms with Gasteiger partial charge in [-0.1, -0.05) is 46.3 Å². The van der Waals surface area contributed by atoms with Crippen LogP contribution >= 0.6 is 0 Å². The molecule has 0 bridgehead atoms. The largest absolute Gasteiger partial charge is 0.481 e. The van der Waals surface area contributed by atoms with E-state index in [4.69, 9.17) is 37.9 Å². The molecule has 23 heteroatoms. The molecule has 0 aromatic heterocycles. The standard InChI is InChI=1S/C53H84O23/c1-21-32(56)35(59)39(63)46(71-21)75-42-27(18-54)72-44(41(65)37(42)61)70-20-28-34(58)36(60)40(64)47(73-28)76-43(66)24-17-50(4,48(67)68)16-23-22(24)10-14-52(6)25(23)8-9-30-51(5)13-12-31(49(2,3)29(51)11-15-53(30,52)7)74-45-38(62)33(57)26(55)19-69-45/h8,21-24,26-42,44-47,54-65H,9-20H2,1-7H3,(H,67,68). The summed E-state index contributed by atoms with van der Waals surface area (Å²) >= 11 is 0. The van der Waals surface area contributed by atoms with E-state index >= 15 is 0 Å². The molecule has 13 N–H and O–H groups in total.